The number of hydrogen-bond acceptors (Lipinski definition) is 2. The molecule has 4 heteroatoms. The quantitative estimate of drug-likeness (QED) is 0.851. The normalized spacial score (nSPS) is 16.4. The van der Waals surface area contributed by atoms with E-state index < -0.39 is 0 Å². The zero-order valence-corrected chi connectivity index (χ0v) is 10.8. The Balaban J connectivity index is 2.11. The van der Waals surface area contributed by atoms with Gasteiger partial charge in [0.25, 0.3) is 0 Å². The van der Waals surface area contributed by atoms with Gasteiger partial charge >= 0.3 is 0 Å². The van der Waals surface area contributed by atoms with Crippen molar-refractivity contribution in [2.24, 2.45) is 0 Å². The summed E-state index contributed by atoms with van der Waals surface area (Å²) in [6, 6.07) is 6.28. The Kier molecular flexibility index (Phi) is 3.65. The standard InChI is InChI=1S/C14H18N2O2/c1-10-5-11(2)7-12(6-10)9-16-4-3-13(17)15-8-14(16)18/h5-7H,3-4,8-9H2,1-2H3,(H,15,17). The highest BCUT2D eigenvalue weighted by Crippen LogP contribution is 2.12. The summed E-state index contributed by atoms with van der Waals surface area (Å²) >= 11 is 0. The van der Waals surface area contributed by atoms with E-state index in [1.807, 2.05) is 13.8 Å². The monoisotopic (exact) mass is 246 g/mol. The largest absolute Gasteiger partial charge is 0.347 e. The van der Waals surface area contributed by atoms with E-state index in [2.05, 4.69) is 23.5 Å². The van der Waals surface area contributed by atoms with Gasteiger partial charge in [-0.15, -0.1) is 0 Å². The van der Waals surface area contributed by atoms with Crippen molar-refractivity contribution in [2.45, 2.75) is 26.8 Å². The van der Waals surface area contributed by atoms with Gasteiger partial charge in [-0.05, 0) is 19.4 Å². The van der Waals surface area contributed by atoms with Crippen molar-refractivity contribution in [1.29, 1.82) is 0 Å². The van der Waals surface area contributed by atoms with Crippen LogP contribution in [0.25, 0.3) is 0 Å². The third kappa shape index (κ3) is 3.09. The number of benzene rings is 1. The zero-order valence-electron chi connectivity index (χ0n) is 10.8. The molecule has 1 heterocycles. The SMILES string of the molecule is Cc1cc(C)cc(CN2CCC(=O)NCC2=O)c1. The average Bonchev–Trinajstić information content (AvgIpc) is 2.43. The number of carbonyl (C=O) groups is 2. The molecule has 0 saturated carbocycles. The fourth-order valence-corrected chi connectivity index (χ4v) is 2.28. The van der Waals surface area contributed by atoms with Crippen molar-refractivity contribution >= 4 is 11.8 Å². The van der Waals surface area contributed by atoms with Gasteiger partial charge in [-0.3, -0.25) is 9.59 Å². The minimum absolute atomic E-state index is 0.0139. The summed E-state index contributed by atoms with van der Waals surface area (Å²) in [5.74, 6) is -0.0636. The Morgan fingerprint density at radius 1 is 1.17 bits per heavy atom. The number of amides is 2. The summed E-state index contributed by atoms with van der Waals surface area (Å²) < 4.78 is 0. The molecule has 18 heavy (non-hydrogen) atoms. The Bertz CT molecular complexity index is 462. The molecule has 0 radical (unpaired) electrons. The van der Waals surface area contributed by atoms with Crippen molar-refractivity contribution in [2.75, 3.05) is 13.1 Å². The van der Waals surface area contributed by atoms with Crippen LogP contribution in [0.5, 0.6) is 0 Å². The van der Waals surface area contributed by atoms with E-state index in [1.165, 1.54) is 11.1 Å². The molecule has 1 aromatic rings. The second-order valence-corrected chi connectivity index (χ2v) is 4.84. The van der Waals surface area contributed by atoms with Crippen molar-refractivity contribution in [3.8, 4) is 0 Å². The molecule has 1 saturated heterocycles. The molecule has 0 bridgehead atoms. The lowest BCUT2D eigenvalue weighted by Crippen LogP contribution is -2.34. The second-order valence-electron chi connectivity index (χ2n) is 4.84. The third-order valence-corrected chi connectivity index (χ3v) is 3.05. The van der Waals surface area contributed by atoms with Gasteiger partial charge in [0.1, 0.15) is 0 Å². The Labute approximate surface area is 107 Å². The molecule has 1 aliphatic rings. The molecule has 1 aromatic carbocycles. The van der Waals surface area contributed by atoms with Crippen LogP contribution in [-0.2, 0) is 16.1 Å². The molecule has 2 amide bonds. The first-order valence-corrected chi connectivity index (χ1v) is 6.16. The predicted octanol–water partition coefficient (Wildman–Crippen LogP) is 1.15. The second kappa shape index (κ2) is 5.21. The number of nitrogens with one attached hydrogen (secondary N) is 1. The highest BCUT2D eigenvalue weighted by Gasteiger charge is 2.19. The summed E-state index contributed by atoms with van der Waals surface area (Å²) in [5, 5.41) is 2.60. The molecule has 0 aromatic heterocycles. The molecule has 0 atom stereocenters. The number of carbonyl (C=O) groups excluding carboxylic acids is 2. The molecule has 96 valence electrons. The summed E-state index contributed by atoms with van der Waals surface area (Å²) in [5.41, 5.74) is 3.51. The van der Waals surface area contributed by atoms with Crippen LogP contribution in [-0.4, -0.2) is 29.8 Å². The van der Waals surface area contributed by atoms with Gasteiger partial charge in [-0.25, -0.2) is 0 Å². The minimum atomic E-state index is -0.0497. The highest BCUT2D eigenvalue weighted by molar-refractivity contribution is 5.87. The van der Waals surface area contributed by atoms with E-state index in [4.69, 9.17) is 0 Å². The number of nitrogens with zero attached hydrogens (tertiary/aromatic N) is 1. The van der Waals surface area contributed by atoms with Crippen LogP contribution >= 0.6 is 0 Å². The van der Waals surface area contributed by atoms with E-state index in [1.54, 1.807) is 4.90 Å². The number of hydrogen-bond donors (Lipinski definition) is 1. The predicted molar refractivity (Wildman–Crippen MR) is 69.0 cm³/mol. The van der Waals surface area contributed by atoms with Gasteiger partial charge in [0.05, 0.1) is 6.54 Å². The van der Waals surface area contributed by atoms with Gasteiger partial charge < -0.3 is 10.2 Å². The summed E-state index contributed by atoms with van der Waals surface area (Å²) in [6.45, 7) is 5.29. The summed E-state index contributed by atoms with van der Waals surface area (Å²) in [7, 11) is 0. The van der Waals surface area contributed by atoms with E-state index in [9.17, 15) is 9.59 Å². The topological polar surface area (TPSA) is 49.4 Å². The molecule has 1 fully saturated rings. The van der Waals surface area contributed by atoms with Crippen LogP contribution in [0.4, 0.5) is 0 Å². The molecule has 0 spiro atoms. The van der Waals surface area contributed by atoms with Crippen LogP contribution in [0.3, 0.4) is 0 Å². The molecular formula is C14H18N2O2. The number of aryl methyl sites for hydroxylation is 2. The van der Waals surface area contributed by atoms with E-state index >= 15 is 0 Å². The van der Waals surface area contributed by atoms with E-state index in [-0.39, 0.29) is 18.4 Å². The fraction of sp³-hybridized carbons (Fsp3) is 0.429. The zero-order chi connectivity index (χ0) is 13.1. The van der Waals surface area contributed by atoms with E-state index in [0.717, 1.165) is 5.56 Å². The van der Waals surface area contributed by atoms with Gasteiger partial charge in [-0.1, -0.05) is 29.3 Å². The van der Waals surface area contributed by atoms with E-state index in [0.29, 0.717) is 19.5 Å². The van der Waals surface area contributed by atoms with Crippen LogP contribution in [0, 0.1) is 13.8 Å². The lowest BCUT2D eigenvalue weighted by Gasteiger charge is -2.20. The van der Waals surface area contributed by atoms with Crippen LogP contribution in [0.15, 0.2) is 18.2 Å². The fourth-order valence-electron chi connectivity index (χ4n) is 2.28. The van der Waals surface area contributed by atoms with Gasteiger partial charge in [0.15, 0.2) is 0 Å². The Hall–Kier alpha value is -1.84. The minimum Gasteiger partial charge on any atom is -0.347 e. The van der Waals surface area contributed by atoms with Crippen LogP contribution < -0.4 is 5.32 Å². The van der Waals surface area contributed by atoms with Crippen LogP contribution in [0.2, 0.25) is 0 Å². The maximum absolute atomic E-state index is 11.8. The molecule has 1 N–H and O–H groups in total. The summed E-state index contributed by atoms with van der Waals surface area (Å²) in [6.07, 6.45) is 0.385. The molecule has 0 aliphatic carbocycles. The third-order valence-electron chi connectivity index (χ3n) is 3.05. The van der Waals surface area contributed by atoms with Gasteiger partial charge in [0.2, 0.25) is 11.8 Å². The first-order valence-electron chi connectivity index (χ1n) is 6.16. The first kappa shape index (κ1) is 12.6. The van der Waals surface area contributed by atoms with Gasteiger partial charge in [-0.2, -0.15) is 0 Å². The van der Waals surface area contributed by atoms with Crippen LogP contribution in [0.1, 0.15) is 23.1 Å². The highest BCUT2D eigenvalue weighted by atomic mass is 16.2. The molecule has 2 rings (SSSR count). The Morgan fingerprint density at radius 3 is 2.50 bits per heavy atom. The lowest BCUT2D eigenvalue weighted by molar-refractivity contribution is -0.130. The number of rotatable bonds is 2. The first-order chi connectivity index (χ1) is 8.54. The van der Waals surface area contributed by atoms with Crippen molar-refractivity contribution in [1.82, 2.24) is 10.2 Å². The molecule has 1 aliphatic heterocycles. The molecule has 0 unspecified atom stereocenters. The van der Waals surface area contributed by atoms with Crippen molar-refractivity contribution in [3.63, 3.8) is 0 Å². The Morgan fingerprint density at radius 2 is 1.83 bits per heavy atom. The van der Waals surface area contributed by atoms with Gasteiger partial charge in [0, 0.05) is 19.5 Å². The maximum atomic E-state index is 11.8. The maximum Gasteiger partial charge on any atom is 0.242 e. The molecular weight excluding hydrogens is 228 g/mol. The van der Waals surface area contributed by atoms with Crippen molar-refractivity contribution in [3.05, 3.63) is 34.9 Å². The average molecular weight is 246 g/mol. The van der Waals surface area contributed by atoms with Crippen molar-refractivity contribution < 1.29 is 9.59 Å². The lowest BCUT2D eigenvalue weighted by atomic mass is 10.1. The molecule has 4 nitrogen and oxygen atoms in total. The summed E-state index contributed by atoms with van der Waals surface area (Å²) in [4.78, 5) is 24.8. The smallest absolute Gasteiger partial charge is 0.242 e.